The molecule has 0 fully saturated rings. The molecule has 2 rings (SSSR count). The standard InChI is InChI=1S/C22H31N3O3/c1-4-23-22(24-13-14-27-5-2)25-16-19-11-12-20(21(15-19)26-3)28-17-18-9-7-6-8-10-18/h6-12,15H,4-5,13-14,16-17H2,1-3H3,(H2,23,24,25). The molecule has 6 heteroatoms. The predicted octanol–water partition coefficient (Wildman–Crippen LogP) is 3.37. The maximum atomic E-state index is 5.91. The average molecular weight is 386 g/mol. The highest BCUT2D eigenvalue weighted by Gasteiger charge is 2.07. The van der Waals surface area contributed by atoms with Gasteiger partial charge in [-0.1, -0.05) is 36.4 Å². The number of hydrogen-bond donors (Lipinski definition) is 2. The van der Waals surface area contributed by atoms with Gasteiger partial charge in [0.2, 0.25) is 0 Å². The Morgan fingerprint density at radius 2 is 1.79 bits per heavy atom. The molecule has 0 saturated carbocycles. The summed E-state index contributed by atoms with van der Waals surface area (Å²) in [7, 11) is 1.65. The van der Waals surface area contributed by atoms with Crippen molar-refractivity contribution in [2.75, 3.05) is 33.4 Å². The zero-order chi connectivity index (χ0) is 20.0. The van der Waals surface area contributed by atoms with Gasteiger partial charge >= 0.3 is 0 Å². The topological polar surface area (TPSA) is 64.1 Å². The van der Waals surface area contributed by atoms with Gasteiger partial charge in [-0.25, -0.2) is 4.99 Å². The second-order valence-electron chi connectivity index (χ2n) is 6.08. The molecule has 2 aromatic carbocycles. The molecule has 6 nitrogen and oxygen atoms in total. The molecule has 0 aliphatic heterocycles. The summed E-state index contributed by atoms with van der Waals surface area (Å²) < 4.78 is 16.8. The van der Waals surface area contributed by atoms with Crippen molar-refractivity contribution in [1.29, 1.82) is 0 Å². The number of rotatable bonds is 11. The SMILES string of the molecule is CCNC(=NCc1ccc(OCc2ccccc2)c(OC)c1)NCCOCC. The molecule has 0 heterocycles. The van der Waals surface area contributed by atoms with E-state index in [4.69, 9.17) is 14.2 Å². The monoisotopic (exact) mass is 385 g/mol. The van der Waals surface area contributed by atoms with Gasteiger partial charge in [-0.15, -0.1) is 0 Å². The maximum Gasteiger partial charge on any atom is 0.191 e. The number of guanidine groups is 1. The Morgan fingerprint density at radius 1 is 0.964 bits per heavy atom. The van der Waals surface area contributed by atoms with Gasteiger partial charge in [-0.05, 0) is 37.1 Å². The summed E-state index contributed by atoms with van der Waals surface area (Å²) in [6.07, 6.45) is 0. The Morgan fingerprint density at radius 3 is 2.50 bits per heavy atom. The first-order valence-electron chi connectivity index (χ1n) is 9.70. The first-order chi connectivity index (χ1) is 13.8. The van der Waals surface area contributed by atoms with Gasteiger partial charge < -0.3 is 24.8 Å². The van der Waals surface area contributed by atoms with Crippen molar-refractivity contribution in [2.45, 2.75) is 27.0 Å². The molecule has 0 bridgehead atoms. The molecule has 0 aromatic heterocycles. The average Bonchev–Trinajstić information content (AvgIpc) is 2.74. The van der Waals surface area contributed by atoms with E-state index in [1.54, 1.807) is 7.11 Å². The van der Waals surface area contributed by atoms with Gasteiger partial charge in [0.25, 0.3) is 0 Å². The lowest BCUT2D eigenvalue weighted by atomic mass is 10.2. The van der Waals surface area contributed by atoms with E-state index >= 15 is 0 Å². The molecule has 28 heavy (non-hydrogen) atoms. The summed E-state index contributed by atoms with van der Waals surface area (Å²) in [5.74, 6) is 2.20. The van der Waals surface area contributed by atoms with Crippen LogP contribution in [-0.4, -0.2) is 39.4 Å². The summed E-state index contributed by atoms with van der Waals surface area (Å²) in [5, 5.41) is 6.50. The van der Waals surface area contributed by atoms with Crippen LogP contribution in [0.4, 0.5) is 0 Å². The third-order valence-electron chi connectivity index (χ3n) is 3.97. The van der Waals surface area contributed by atoms with Gasteiger partial charge in [-0.3, -0.25) is 0 Å². The number of nitrogens with zero attached hydrogens (tertiary/aromatic N) is 1. The van der Waals surface area contributed by atoms with Gasteiger partial charge in [0.1, 0.15) is 6.61 Å². The first-order valence-corrected chi connectivity index (χ1v) is 9.70. The van der Waals surface area contributed by atoms with Crippen LogP contribution in [-0.2, 0) is 17.9 Å². The summed E-state index contributed by atoms with van der Waals surface area (Å²) >= 11 is 0. The number of methoxy groups -OCH3 is 1. The lowest BCUT2D eigenvalue weighted by Crippen LogP contribution is -2.39. The highest BCUT2D eigenvalue weighted by Crippen LogP contribution is 2.29. The van der Waals surface area contributed by atoms with Crippen LogP contribution < -0.4 is 20.1 Å². The normalized spacial score (nSPS) is 11.2. The molecule has 152 valence electrons. The van der Waals surface area contributed by atoms with Crippen LogP contribution in [0.1, 0.15) is 25.0 Å². The fourth-order valence-electron chi connectivity index (χ4n) is 2.56. The zero-order valence-electron chi connectivity index (χ0n) is 17.0. The van der Waals surface area contributed by atoms with E-state index in [2.05, 4.69) is 15.6 Å². The Labute approximate surface area is 167 Å². The minimum atomic E-state index is 0.503. The van der Waals surface area contributed by atoms with Crippen LogP contribution >= 0.6 is 0 Å². The maximum absolute atomic E-state index is 5.91. The lowest BCUT2D eigenvalue weighted by Gasteiger charge is -2.13. The summed E-state index contributed by atoms with van der Waals surface area (Å²) in [6, 6.07) is 16.0. The number of benzene rings is 2. The third kappa shape index (κ3) is 7.48. The summed E-state index contributed by atoms with van der Waals surface area (Å²) in [5.41, 5.74) is 2.16. The highest BCUT2D eigenvalue weighted by atomic mass is 16.5. The van der Waals surface area contributed by atoms with E-state index in [0.717, 1.165) is 35.9 Å². The van der Waals surface area contributed by atoms with Gasteiger partial charge in [0.05, 0.1) is 20.3 Å². The molecular formula is C22H31N3O3. The number of nitrogens with one attached hydrogen (secondary N) is 2. The molecule has 0 saturated heterocycles. The molecule has 2 aromatic rings. The molecule has 2 N–H and O–H groups in total. The molecule has 0 aliphatic carbocycles. The number of aliphatic imine (C=N–C) groups is 1. The van der Waals surface area contributed by atoms with Crippen LogP contribution in [0.5, 0.6) is 11.5 Å². The lowest BCUT2D eigenvalue weighted by molar-refractivity contribution is 0.152. The van der Waals surface area contributed by atoms with E-state index in [9.17, 15) is 0 Å². The fraction of sp³-hybridized carbons (Fsp3) is 0.409. The molecule has 0 atom stereocenters. The van der Waals surface area contributed by atoms with Crippen molar-refractivity contribution in [3.8, 4) is 11.5 Å². The first kappa shape index (κ1) is 21.6. The minimum Gasteiger partial charge on any atom is -0.493 e. The second-order valence-corrected chi connectivity index (χ2v) is 6.08. The van der Waals surface area contributed by atoms with E-state index in [1.807, 2.05) is 62.4 Å². The van der Waals surface area contributed by atoms with Crippen LogP contribution in [0.3, 0.4) is 0 Å². The fourth-order valence-corrected chi connectivity index (χ4v) is 2.56. The quantitative estimate of drug-likeness (QED) is 0.353. The Hall–Kier alpha value is -2.73. The smallest absolute Gasteiger partial charge is 0.191 e. The van der Waals surface area contributed by atoms with E-state index in [1.165, 1.54) is 0 Å². The van der Waals surface area contributed by atoms with Gasteiger partial charge in [-0.2, -0.15) is 0 Å². The van der Waals surface area contributed by atoms with Crippen molar-refractivity contribution < 1.29 is 14.2 Å². The zero-order valence-corrected chi connectivity index (χ0v) is 17.0. The van der Waals surface area contributed by atoms with Crippen molar-refractivity contribution in [1.82, 2.24) is 10.6 Å². The van der Waals surface area contributed by atoms with Gasteiger partial charge in [0, 0.05) is 19.7 Å². The van der Waals surface area contributed by atoms with Crippen LogP contribution in [0.25, 0.3) is 0 Å². The molecule has 0 unspecified atom stereocenters. The van der Waals surface area contributed by atoms with E-state index < -0.39 is 0 Å². The van der Waals surface area contributed by atoms with Crippen molar-refractivity contribution in [3.05, 3.63) is 59.7 Å². The third-order valence-corrected chi connectivity index (χ3v) is 3.97. The van der Waals surface area contributed by atoms with Crippen molar-refractivity contribution in [2.24, 2.45) is 4.99 Å². The van der Waals surface area contributed by atoms with Crippen molar-refractivity contribution in [3.63, 3.8) is 0 Å². The summed E-state index contributed by atoms with van der Waals surface area (Å²) in [6.45, 7) is 7.96. The molecule has 0 aliphatic rings. The largest absolute Gasteiger partial charge is 0.493 e. The van der Waals surface area contributed by atoms with Crippen LogP contribution in [0.15, 0.2) is 53.5 Å². The highest BCUT2D eigenvalue weighted by molar-refractivity contribution is 5.79. The Bertz CT molecular complexity index is 720. The second kappa shape index (κ2) is 12.6. The van der Waals surface area contributed by atoms with Crippen LogP contribution in [0.2, 0.25) is 0 Å². The Kier molecular flexibility index (Phi) is 9.72. The minimum absolute atomic E-state index is 0.503. The molecular weight excluding hydrogens is 354 g/mol. The Balaban J connectivity index is 1.96. The van der Waals surface area contributed by atoms with E-state index in [-0.39, 0.29) is 0 Å². The number of hydrogen-bond acceptors (Lipinski definition) is 4. The number of ether oxygens (including phenoxy) is 3. The predicted molar refractivity (Wildman–Crippen MR) is 113 cm³/mol. The van der Waals surface area contributed by atoms with E-state index in [0.29, 0.717) is 32.1 Å². The molecule has 0 radical (unpaired) electrons. The van der Waals surface area contributed by atoms with Crippen molar-refractivity contribution >= 4 is 5.96 Å². The van der Waals surface area contributed by atoms with Gasteiger partial charge in [0.15, 0.2) is 17.5 Å². The summed E-state index contributed by atoms with van der Waals surface area (Å²) in [4.78, 5) is 4.62. The van der Waals surface area contributed by atoms with Crippen LogP contribution in [0, 0.1) is 0 Å². The molecule has 0 spiro atoms. The molecule has 0 amide bonds.